The van der Waals surface area contributed by atoms with Crippen LogP contribution < -0.4 is 4.74 Å². The summed E-state index contributed by atoms with van der Waals surface area (Å²) in [6.07, 6.45) is 9.77. The summed E-state index contributed by atoms with van der Waals surface area (Å²) in [6.45, 7) is 6.12. The minimum Gasteiger partial charge on any atom is -0.492 e. The molecule has 196 valence electrons. The molecular weight excluding hydrogens is 495 g/mol. The van der Waals surface area contributed by atoms with Crippen LogP contribution in [0.4, 0.5) is 4.39 Å². The molecule has 5 aromatic heterocycles. The van der Waals surface area contributed by atoms with Crippen LogP contribution in [0.2, 0.25) is 0 Å². The van der Waals surface area contributed by atoms with Crippen molar-refractivity contribution in [2.45, 2.75) is 33.2 Å². The molecule has 6 aromatic rings. The van der Waals surface area contributed by atoms with Crippen molar-refractivity contribution in [3.05, 3.63) is 96.2 Å². The number of benzene rings is 1. The van der Waals surface area contributed by atoms with Gasteiger partial charge in [0.05, 0.1) is 43.1 Å². The van der Waals surface area contributed by atoms with Gasteiger partial charge < -0.3 is 4.74 Å². The second-order valence-electron chi connectivity index (χ2n) is 9.37. The van der Waals surface area contributed by atoms with E-state index in [0.29, 0.717) is 28.7 Å². The van der Waals surface area contributed by atoms with Gasteiger partial charge in [-0.3, -0.25) is 14.2 Å². The molecule has 6 rings (SSSR count). The second-order valence-corrected chi connectivity index (χ2v) is 9.37. The molecule has 39 heavy (non-hydrogen) atoms. The van der Waals surface area contributed by atoms with Gasteiger partial charge in [0.25, 0.3) is 5.95 Å². The minimum atomic E-state index is -0.257. The molecule has 5 heterocycles. The molecule has 0 aliphatic rings. The van der Waals surface area contributed by atoms with E-state index in [1.807, 2.05) is 53.7 Å². The summed E-state index contributed by atoms with van der Waals surface area (Å²) >= 11 is 0. The average Bonchev–Trinajstić information content (AvgIpc) is 3.68. The summed E-state index contributed by atoms with van der Waals surface area (Å²) < 4.78 is 24.8. The maximum absolute atomic E-state index is 13.4. The van der Waals surface area contributed by atoms with E-state index in [0.717, 1.165) is 34.5 Å². The Balaban J connectivity index is 1.37. The molecule has 10 heteroatoms. The molecule has 1 aromatic carbocycles. The number of rotatable bonds is 7. The smallest absolute Gasteiger partial charge is 0.254 e. The van der Waals surface area contributed by atoms with Gasteiger partial charge in [-0.1, -0.05) is 19.1 Å². The molecule has 0 fully saturated rings. The first-order valence-corrected chi connectivity index (χ1v) is 12.7. The zero-order valence-corrected chi connectivity index (χ0v) is 22.1. The summed E-state index contributed by atoms with van der Waals surface area (Å²) in [5.74, 6) is 0.875. The Hall–Kier alpha value is -4.86. The Morgan fingerprint density at radius 2 is 1.67 bits per heavy atom. The topological polar surface area (TPSA) is 88.0 Å². The SMILES string of the molecule is CCC(c1ccc(F)cc1)n1cc(-c2cncc(-c3ccn4nc(-n5c(C)ccc5C)nc4c3OC)n2)cn1. The Morgan fingerprint density at radius 1 is 0.923 bits per heavy atom. The number of hydrogen-bond acceptors (Lipinski definition) is 6. The predicted octanol–water partition coefficient (Wildman–Crippen LogP) is 5.60. The van der Waals surface area contributed by atoms with E-state index in [9.17, 15) is 4.39 Å². The maximum Gasteiger partial charge on any atom is 0.254 e. The van der Waals surface area contributed by atoms with Crippen LogP contribution >= 0.6 is 0 Å². The summed E-state index contributed by atoms with van der Waals surface area (Å²) in [4.78, 5) is 14.1. The minimum absolute atomic E-state index is 0.0206. The van der Waals surface area contributed by atoms with Crippen molar-refractivity contribution in [1.29, 1.82) is 0 Å². The van der Waals surface area contributed by atoms with E-state index in [1.54, 1.807) is 42.3 Å². The van der Waals surface area contributed by atoms with Gasteiger partial charge in [-0.15, -0.1) is 5.10 Å². The lowest BCUT2D eigenvalue weighted by Crippen LogP contribution is -2.10. The van der Waals surface area contributed by atoms with Gasteiger partial charge in [0.15, 0.2) is 11.4 Å². The van der Waals surface area contributed by atoms with Crippen molar-refractivity contribution in [1.82, 2.24) is 38.9 Å². The summed E-state index contributed by atoms with van der Waals surface area (Å²) in [7, 11) is 1.61. The lowest BCUT2D eigenvalue weighted by atomic mass is 10.0. The van der Waals surface area contributed by atoms with E-state index in [4.69, 9.17) is 14.7 Å². The predicted molar refractivity (Wildman–Crippen MR) is 145 cm³/mol. The third-order valence-electron chi connectivity index (χ3n) is 6.89. The molecule has 1 atom stereocenters. The molecule has 9 nitrogen and oxygen atoms in total. The number of aryl methyl sites for hydroxylation is 2. The molecule has 0 aliphatic heterocycles. The lowest BCUT2D eigenvalue weighted by molar-refractivity contribution is 0.418. The maximum atomic E-state index is 13.4. The first-order chi connectivity index (χ1) is 19.0. The van der Waals surface area contributed by atoms with Crippen LogP contribution in [0, 0.1) is 19.7 Å². The molecular formula is C29H27FN8O. The van der Waals surface area contributed by atoms with Gasteiger partial charge in [-0.25, -0.2) is 13.9 Å². The van der Waals surface area contributed by atoms with Gasteiger partial charge in [0, 0.05) is 34.9 Å². The van der Waals surface area contributed by atoms with Crippen LogP contribution in [0.3, 0.4) is 0 Å². The van der Waals surface area contributed by atoms with Crippen LogP contribution in [-0.4, -0.2) is 46.0 Å². The third kappa shape index (κ3) is 4.33. The van der Waals surface area contributed by atoms with Gasteiger partial charge in [0.1, 0.15) is 5.82 Å². The van der Waals surface area contributed by atoms with Gasteiger partial charge in [-0.05, 0) is 56.2 Å². The second kappa shape index (κ2) is 9.79. The highest BCUT2D eigenvalue weighted by atomic mass is 19.1. The van der Waals surface area contributed by atoms with E-state index in [2.05, 4.69) is 22.1 Å². The van der Waals surface area contributed by atoms with Gasteiger partial charge in [-0.2, -0.15) is 10.1 Å². The van der Waals surface area contributed by atoms with Crippen molar-refractivity contribution in [2.75, 3.05) is 7.11 Å². The zero-order valence-electron chi connectivity index (χ0n) is 22.1. The zero-order chi connectivity index (χ0) is 27.1. The highest BCUT2D eigenvalue weighted by molar-refractivity contribution is 5.76. The molecule has 0 saturated carbocycles. The van der Waals surface area contributed by atoms with Gasteiger partial charge >= 0.3 is 0 Å². The van der Waals surface area contributed by atoms with Crippen molar-refractivity contribution in [2.24, 2.45) is 0 Å². The van der Waals surface area contributed by atoms with Crippen molar-refractivity contribution >= 4 is 5.65 Å². The van der Waals surface area contributed by atoms with Crippen LogP contribution in [0.1, 0.15) is 36.3 Å². The summed E-state index contributed by atoms with van der Waals surface area (Å²) in [5.41, 5.74) is 6.57. The Labute approximate surface area is 224 Å². The quantitative estimate of drug-likeness (QED) is 0.271. The summed E-state index contributed by atoms with van der Waals surface area (Å²) in [5, 5.41) is 9.25. The molecule has 0 N–H and O–H groups in total. The Kier molecular flexibility index (Phi) is 6.14. The van der Waals surface area contributed by atoms with Crippen molar-refractivity contribution < 1.29 is 9.13 Å². The van der Waals surface area contributed by atoms with Crippen molar-refractivity contribution in [3.8, 4) is 34.2 Å². The fourth-order valence-corrected chi connectivity index (χ4v) is 4.93. The number of ether oxygens (including phenoxy) is 1. The molecule has 0 saturated heterocycles. The van der Waals surface area contributed by atoms with Gasteiger partial charge in [0.2, 0.25) is 0 Å². The van der Waals surface area contributed by atoms with Crippen molar-refractivity contribution in [3.63, 3.8) is 0 Å². The van der Waals surface area contributed by atoms with E-state index < -0.39 is 0 Å². The number of halogens is 1. The largest absolute Gasteiger partial charge is 0.492 e. The van der Waals surface area contributed by atoms with E-state index in [-0.39, 0.29) is 11.9 Å². The number of methoxy groups -OCH3 is 1. The number of fused-ring (bicyclic) bond motifs is 1. The highest BCUT2D eigenvalue weighted by Gasteiger charge is 2.19. The number of hydrogen-bond donors (Lipinski definition) is 0. The number of nitrogens with zero attached hydrogens (tertiary/aromatic N) is 8. The lowest BCUT2D eigenvalue weighted by Gasteiger charge is -2.16. The first-order valence-electron chi connectivity index (χ1n) is 12.7. The first kappa shape index (κ1) is 24.5. The highest BCUT2D eigenvalue weighted by Crippen LogP contribution is 2.33. The fraction of sp³-hybridized carbons (Fsp3) is 0.207. The monoisotopic (exact) mass is 522 g/mol. The standard InChI is InChI=1S/C29H27FN8O/c1-5-26(20-8-10-22(30)11-9-20)37-17-21(14-32-37)24-15-31-16-25(33-24)23-12-13-36-28(27(23)39-4)34-29(35-36)38-18(2)6-7-19(38)3/h6-17,26H,5H2,1-4H3. The van der Waals surface area contributed by atoms with Crippen LogP contribution in [0.25, 0.3) is 34.1 Å². The molecule has 0 aliphatic carbocycles. The van der Waals surface area contributed by atoms with Crippen LogP contribution in [-0.2, 0) is 0 Å². The molecule has 0 spiro atoms. The molecule has 1 unspecified atom stereocenters. The van der Waals surface area contributed by atoms with Crippen LogP contribution in [0.5, 0.6) is 5.75 Å². The molecule has 0 bridgehead atoms. The average molecular weight is 523 g/mol. The van der Waals surface area contributed by atoms with E-state index in [1.165, 1.54) is 12.1 Å². The summed E-state index contributed by atoms with van der Waals surface area (Å²) in [6, 6.07) is 12.5. The fourth-order valence-electron chi connectivity index (χ4n) is 4.93. The Bertz CT molecular complexity index is 1760. The third-order valence-corrected chi connectivity index (χ3v) is 6.89. The molecule has 0 radical (unpaired) electrons. The van der Waals surface area contributed by atoms with E-state index >= 15 is 0 Å². The van der Waals surface area contributed by atoms with Crippen LogP contribution in [0.15, 0.2) is 73.4 Å². The Morgan fingerprint density at radius 3 is 2.38 bits per heavy atom. The number of pyridine rings is 1. The normalized spacial score (nSPS) is 12.2. The number of aromatic nitrogens is 8. The molecule has 0 amide bonds.